The van der Waals surface area contributed by atoms with E-state index < -0.39 is 22.1 Å². The SMILES string of the molecule is Cc1csc(C(=O)O)c1S(=O)(=O)N1CCCC(O)C1. The molecule has 1 aromatic heterocycles. The van der Waals surface area contributed by atoms with Crippen LogP contribution in [0.4, 0.5) is 0 Å². The summed E-state index contributed by atoms with van der Waals surface area (Å²) in [5.41, 5.74) is 0.433. The number of piperidine rings is 1. The number of nitrogens with zero attached hydrogens (tertiary/aromatic N) is 1. The maximum Gasteiger partial charge on any atom is 0.347 e. The van der Waals surface area contributed by atoms with Crippen LogP contribution >= 0.6 is 11.3 Å². The van der Waals surface area contributed by atoms with Gasteiger partial charge in [0.15, 0.2) is 0 Å². The number of carbonyl (C=O) groups is 1. The Kier molecular flexibility index (Phi) is 3.95. The number of hydrogen-bond acceptors (Lipinski definition) is 5. The largest absolute Gasteiger partial charge is 0.477 e. The van der Waals surface area contributed by atoms with Crippen LogP contribution < -0.4 is 0 Å². The van der Waals surface area contributed by atoms with E-state index in [0.717, 1.165) is 11.3 Å². The Balaban J connectivity index is 2.45. The van der Waals surface area contributed by atoms with Gasteiger partial charge in [-0.2, -0.15) is 4.31 Å². The van der Waals surface area contributed by atoms with Crippen molar-refractivity contribution in [2.75, 3.05) is 13.1 Å². The van der Waals surface area contributed by atoms with Crippen molar-refractivity contribution in [1.29, 1.82) is 0 Å². The molecule has 0 saturated carbocycles. The first-order valence-corrected chi connectivity index (χ1v) is 8.15. The zero-order valence-corrected chi connectivity index (χ0v) is 12.0. The Morgan fingerprint density at radius 1 is 1.53 bits per heavy atom. The van der Waals surface area contributed by atoms with Gasteiger partial charge < -0.3 is 10.2 Å². The summed E-state index contributed by atoms with van der Waals surface area (Å²) in [7, 11) is -3.86. The van der Waals surface area contributed by atoms with Gasteiger partial charge in [0.1, 0.15) is 9.77 Å². The first kappa shape index (κ1) is 14.4. The minimum atomic E-state index is -3.86. The van der Waals surface area contributed by atoms with Crippen molar-refractivity contribution in [3.05, 3.63) is 15.8 Å². The van der Waals surface area contributed by atoms with Crippen molar-refractivity contribution in [2.24, 2.45) is 0 Å². The van der Waals surface area contributed by atoms with Gasteiger partial charge >= 0.3 is 5.97 Å². The van der Waals surface area contributed by atoms with E-state index in [2.05, 4.69) is 0 Å². The molecule has 0 aromatic carbocycles. The number of aromatic carboxylic acids is 1. The predicted molar refractivity (Wildman–Crippen MR) is 70.0 cm³/mol. The fraction of sp³-hybridized carbons (Fsp3) is 0.545. The van der Waals surface area contributed by atoms with Crippen molar-refractivity contribution in [2.45, 2.75) is 30.8 Å². The number of aliphatic hydroxyl groups is 1. The van der Waals surface area contributed by atoms with E-state index in [1.807, 2.05) is 0 Å². The van der Waals surface area contributed by atoms with Crippen molar-refractivity contribution < 1.29 is 23.4 Å². The zero-order chi connectivity index (χ0) is 14.2. The van der Waals surface area contributed by atoms with Gasteiger partial charge in [0, 0.05) is 13.1 Å². The molecule has 1 aliphatic rings. The van der Waals surface area contributed by atoms with E-state index in [1.54, 1.807) is 6.92 Å². The van der Waals surface area contributed by atoms with Crippen LogP contribution in [-0.2, 0) is 10.0 Å². The standard InChI is InChI=1S/C11H15NO5S2/c1-7-6-18-9(11(14)15)10(7)19(16,17)12-4-2-3-8(13)5-12/h6,8,13H,2-5H2,1H3,(H,14,15). The number of carboxylic acids is 1. The van der Waals surface area contributed by atoms with Crippen LogP contribution in [0, 0.1) is 6.92 Å². The molecule has 1 unspecified atom stereocenters. The van der Waals surface area contributed by atoms with Gasteiger partial charge in [0.2, 0.25) is 10.0 Å². The quantitative estimate of drug-likeness (QED) is 0.865. The fourth-order valence-corrected chi connectivity index (χ4v) is 5.27. The molecule has 1 fully saturated rings. The van der Waals surface area contributed by atoms with Crippen LogP contribution in [0.5, 0.6) is 0 Å². The molecule has 1 aromatic rings. The van der Waals surface area contributed by atoms with Crippen LogP contribution in [0.15, 0.2) is 10.3 Å². The number of rotatable bonds is 3. The van der Waals surface area contributed by atoms with Crippen molar-refractivity contribution in [3.63, 3.8) is 0 Å². The highest BCUT2D eigenvalue weighted by Crippen LogP contribution is 2.30. The highest BCUT2D eigenvalue weighted by atomic mass is 32.2. The summed E-state index contributed by atoms with van der Waals surface area (Å²) in [6.07, 6.45) is 0.461. The number of sulfonamides is 1. The lowest BCUT2D eigenvalue weighted by atomic mass is 10.1. The van der Waals surface area contributed by atoms with E-state index in [4.69, 9.17) is 5.11 Å². The third-order valence-electron chi connectivity index (χ3n) is 3.07. The lowest BCUT2D eigenvalue weighted by Crippen LogP contribution is -2.42. The number of hydrogen-bond donors (Lipinski definition) is 2. The molecule has 0 amide bonds. The molecule has 2 heterocycles. The molecule has 2 N–H and O–H groups in total. The van der Waals surface area contributed by atoms with Gasteiger partial charge in [0.05, 0.1) is 6.10 Å². The molecule has 6 nitrogen and oxygen atoms in total. The molecule has 0 bridgehead atoms. The summed E-state index contributed by atoms with van der Waals surface area (Å²) >= 11 is 0.908. The topological polar surface area (TPSA) is 94.9 Å². The molecule has 8 heteroatoms. The highest BCUT2D eigenvalue weighted by molar-refractivity contribution is 7.89. The average molecular weight is 305 g/mol. The van der Waals surface area contributed by atoms with Gasteiger partial charge in [-0.3, -0.25) is 0 Å². The Hall–Kier alpha value is -0.960. The van der Waals surface area contributed by atoms with Crippen LogP contribution in [0.3, 0.4) is 0 Å². The number of aryl methyl sites for hydroxylation is 1. The molecular weight excluding hydrogens is 290 g/mol. The monoisotopic (exact) mass is 305 g/mol. The molecule has 2 rings (SSSR count). The molecule has 0 aliphatic carbocycles. The summed E-state index contributed by atoms with van der Waals surface area (Å²) in [5, 5.41) is 20.2. The van der Waals surface area contributed by atoms with Crippen LogP contribution in [0.1, 0.15) is 28.1 Å². The summed E-state index contributed by atoms with van der Waals surface area (Å²) in [6.45, 7) is 1.92. The molecule has 0 radical (unpaired) electrons. The lowest BCUT2D eigenvalue weighted by molar-refractivity contribution is 0.0698. The second kappa shape index (κ2) is 5.20. The number of carboxylic acid groups (broad SMARTS) is 1. The number of β-amino-alcohol motifs (C(OH)–C–C–N with tert-alkyl or cyclic N) is 1. The first-order chi connectivity index (χ1) is 8.84. The van der Waals surface area contributed by atoms with Gasteiger partial charge in [-0.15, -0.1) is 11.3 Å². The minimum absolute atomic E-state index is 0.0245. The predicted octanol–water partition coefficient (Wildman–Crippen LogP) is 0.900. The molecule has 1 saturated heterocycles. The Morgan fingerprint density at radius 2 is 2.21 bits per heavy atom. The van der Waals surface area contributed by atoms with Gasteiger partial charge in [0.25, 0.3) is 0 Å². The number of aliphatic hydroxyl groups excluding tert-OH is 1. The van der Waals surface area contributed by atoms with Crippen molar-refractivity contribution in [1.82, 2.24) is 4.31 Å². The molecular formula is C11H15NO5S2. The Labute approximate surface area is 115 Å². The molecule has 1 atom stereocenters. The van der Waals surface area contributed by atoms with E-state index in [9.17, 15) is 18.3 Å². The van der Waals surface area contributed by atoms with E-state index in [0.29, 0.717) is 24.9 Å². The molecule has 1 aliphatic heterocycles. The lowest BCUT2D eigenvalue weighted by Gasteiger charge is -2.29. The van der Waals surface area contributed by atoms with Crippen LogP contribution in [0.2, 0.25) is 0 Å². The minimum Gasteiger partial charge on any atom is -0.477 e. The average Bonchev–Trinajstić information content (AvgIpc) is 2.72. The van der Waals surface area contributed by atoms with E-state index in [-0.39, 0.29) is 16.3 Å². The Morgan fingerprint density at radius 3 is 2.79 bits per heavy atom. The van der Waals surface area contributed by atoms with Gasteiger partial charge in [-0.25, -0.2) is 13.2 Å². The first-order valence-electron chi connectivity index (χ1n) is 5.83. The highest BCUT2D eigenvalue weighted by Gasteiger charge is 2.34. The second-order valence-electron chi connectivity index (χ2n) is 4.54. The molecule has 19 heavy (non-hydrogen) atoms. The van der Waals surface area contributed by atoms with Gasteiger partial charge in [-0.1, -0.05) is 0 Å². The number of thiophene rings is 1. The zero-order valence-electron chi connectivity index (χ0n) is 10.4. The third-order valence-corrected chi connectivity index (χ3v) is 6.34. The molecule has 106 valence electrons. The van der Waals surface area contributed by atoms with Crippen molar-refractivity contribution in [3.8, 4) is 0 Å². The fourth-order valence-electron chi connectivity index (χ4n) is 2.17. The summed E-state index contributed by atoms with van der Waals surface area (Å²) in [4.78, 5) is 10.8. The maximum atomic E-state index is 12.5. The van der Waals surface area contributed by atoms with E-state index >= 15 is 0 Å². The van der Waals surface area contributed by atoms with Gasteiger partial charge in [-0.05, 0) is 30.7 Å². The second-order valence-corrected chi connectivity index (χ2v) is 7.30. The summed E-state index contributed by atoms with van der Waals surface area (Å²) < 4.78 is 26.2. The normalized spacial score (nSPS) is 21.5. The summed E-state index contributed by atoms with van der Waals surface area (Å²) in [6, 6.07) is 0. The third kappa shape index (κ3) is 2.66. The smallest absolute Gasteiger partial charge is 0.347 e. The Bertz CT molecular complexity index is 592. The summed E-state index contributed by atoms with van der Waals surface area (Å²) in [5.74, 6) is -1.24. The molecule has 0 spiro atoms. The van der Waals surface area contributed by atoms with Crippen LogP contribution in [-0.4, -0.2) is 48.1 Å². The van der Waals surface area contributed by atoms with E-state index in [1.165, 1.54) is 9.69 Å². The van der Waals surface area contributed by atoms with Crippen LogP contribution in [0.25, 0.3) is 0 Å². The van der Waals surface area contributed by atoms with Crippen molar-refractivity contribution >= 4 is 27.3 Å². The maximum absolute atomic E-state index is 12.5.